The van der Waals surface area contributed by atoms with Crippen LogP contribution < -0.4 is 6.15 Å². The highest BCUT2D eigenvalue weighted by Gasteiger charge is 2.08. The number of rotatable bonds is 3. The summed E-state index contributed by atoms with van der Waals surface area (Å²) in [5.41, 5.74) is 1.03. The average molecular weight is 294 g/mol. The molecule has 0 unspecified atom stereocenters. The van der Waals surface area contributed by atoms with Crippen LogP contribution in [0.2, 0.25) is 5.02 Å². The predicted molar refractivity (Wildman–Crippen MR) is 78.5 cm³/mol. The number of nitro benzene ring substituents is 1. The fourth-order valence-electron chi connectivity index (χ4n) is 1.43. The maximum Gasteiger partial charge on any atom is 0.270 e. The zero-order chi connectivity index (χ0) is 13.8. The van der Waals surface area contributed by atoms with Crippen molar-refractivity contribution in [3.05, 3.63) is 63.2 Å². The Morgan fingerprint density at radius 2 is 1.85 bits per heavy atom. The fraction of sp³-hybridized carbons (Fsp3) is 0. The standard InChI is InChI=1S/C13H9ClN2O3.H3N/c14-13-6-3-11(16(18)19)7-9(13)8-15-10-1-4-12(17)5-2-10;/h1-8,17H;1H3/b15-8+;. The summed E-state index contributed by atoms with van der Waals surface area (Å²) in [7, 11) is 0. The van der Waals surface area contributed by atoms with E-state index in [9.17, 15) is 10.1 Å². The number of benzene rings is 2. The minimum atomic E-state index is -0.492. The Hall–Kier alpha value is -2.44. The highest BCUT2D eigenvalue weighted by atomic mass is 35.5. The van der Waals surface area contributed by atoms with Gasteiger partial charge >= 0.3 is 0 Å². The number of nitrogens with zero attached hydrogens (tertiary/aromatic N) is 2. The van der Waals surface area contributed by atoms with Crippen LogP contribution in [-0.4, -0.2) is 16.2 Å². The molecule has 0 spiro atoms. The molecule has 4 N–H and O–H groups in total. The van der Waals surface area contributed by atoms with E-state index < -0.39 is 4.92 Å². The van der Waals surface area contributed by atoms with Gasteiger partial charge in [0.1, 0.15) is 5.75 Å². The van der Waals surface area contributed by atoms with Crippen molar-refractivity contribution in [2.24, 2.45) is 4.99 Å². The second-order valence-corrected chi connectivity index (χ2v) is 4.14. The van der Waals surface area contributed by atoms with Gasteiger partial charge in [-0.15, -0.1) is 0 Å². The Kier molecular flexibility index (Phi) is 5.19. The Morgan fingerprint density at radius 1 is 1.20 bits per heavy atom. The SMILES string of the molecule is N.O=[N+]([O-])c1ccc(Cl)c(/C=N/c2ccc(O)cc2)c1. The van der Waals surface area contributed by atoms with Crippen molar-refractivity contribution in [3.8, 4) is 5.75 Å². The molecular formula is C13H12ClN3O3. The third kappa shape index (κ3) is 3.78. The van der Waals surface area contributed by atoms with Gasteiger partial charge in [0, 0.05) is 28.9 Å². The number of hydrogen-bond acceptors (Lipinski definition) is 5. The van der Waals surface area contributed by atoms with Crippen LogP contribution in [0.3, 0.4) is 0 Å². The molecule has 7 heteroatoms. The maximum absolute atomic E-state index is 10.7. The number of phenols is 1. The van der Waals surface area contributed by atoms with E-state index in [0.29, 0.717) is 16.3 Å². The van der Waals surface area contributed by atoms with E-state index in [4.69, 9.17) is 16.7 Å². The predicted octanol–water partition coefficient (Wildman–Crippen LogP) is 3.87. The number of nitro groups is 1. The summed E-state index contributed by atoms with van der Waals surface area (Å²) in [6.45, 7) is 0. The number of aliphatic imine (C=N–C) groups is 1. The molecule has 0 radical (unpaired) electrons. The van der Waals surface area contributed by atoms with Crippen LogP contribution in [0.4, 0.5) is 11.4 Å². The summed E-state index contributed by atoms with van der Waals surface area (Å²) in [4.78, 5) is 14.3. The highest BCUT2D eigenvalue weighted by molar-refractivity contribution is 6.33. The van der Waals surface area contributed by atoms with Gasteiger partial charge in [-0.1, -0.05) is 11.6 Å². The molecule has 0 atom stereocenters. The quantitative estimate of drug-likeness (QED) is 0.508. The zero-order valence-electron chi connectivity index (χ0n) is 10.4. The van der Waals surface area contributed by atoms with Gasteiger partial charge < -0.3 is 11.3 Å². The number of hydrogen-bond donors (Lipinski definition) is 2. The lowest BCUT2D eigenvalue weighted by Crippen LogP contribution is -1.90. The Balaban J connectivity index is 0.00000200. The van der Waals surface area contributed by atoms with E-state index in [1.807, 2.05) is 0 Å². The highest BCUT2D eigenvalue weighted by Crippen LogP contribution is 2.22. The second-order valence-electron chi connectivity index (χ2n) is 3.74. The van der Waals surface area contributed by atoms with Gasteiger partial charge in [-0.05, 0) is 30.3 Å². The zero-order valence-corrected chi connectivity index (χ0v) is 11.1. The summed E-state index contributed by atoms with van der Waals surface area (Å²) >= 11 is 5.94. The minimum absolute atomic E-state index is 0. The first kappa shape index (κ1) is 15.6. The number of aromatic hydroxyl groups is 1. The van der Waals surface area contributed by atoms with Crippen molar-refractivity contribution in [1.82, 2.24) is 6.15 Å². The molecule has 20 heavy (non-hydrogen) atoms. The first-order valence-electron chi connectivity index (χ1n) is 5.33. The topological polar surface area (TPSA) is 111 Å². The van der Waals surface area contributed by atoms with Gasteiger partial charge in [0.15, 0.2) is 0 Å². The number of phenolic OH excluding ortho intramolecular Hbond substituents is 1. The van der Waals surface area contributed by atoms with E-state index in [2.05, 4.69) is 4.99 Å². The van der Waals surface area contributed by atoms with Gasteiger partial charge in [0.2, 0.25) is 0 Å². The van der Waals surface area contributed by atoms with Crippen LogP contribution >= 0.6 is 11.6 Å². The second kappa shape index (κ2) is 6.65. The average Bonchev–Trinajstić information content (AvgIpc) is 2.39. The van der Waals surface area contributed by atoms with Gasteiger partial charge in [0.25, 0.3) is 5.69 Å². The molecule has 0 saturated heterocycles. The molecule has 0 heterocycles. The van der Waals surface area contributed by atoms with Gasteiger partial charge in [-0.3, -0.25) is 15.1 Å². The van der Waals surface area contributed by atoms with Gasteiger partial charge in [-0.2, -0.15) is 0 Å². The van der Waals surface area contributed by atoms with Crippen molar-refractivity contribution in [2.45, 2.75) is 0 Å². The lowest BCUT2D eigenvalue weighted by molar-refractivity contribution is -0.384. The smallest absolute Gasteiger partial charge is 0.270 e. The summed E-state index contributed by atoms with van der Waals surface area (Å²) in [6, 6.07) is 10.4. The summed E-state index contributed by atoms with van der Waals surface area (Å²) in [5, 5.41) is 20.2. The Bertz CT molecular complexity index is 642. The number of non-ortho nitro benzene ring substituents is 1. The lowest BCUT2D eigenvalue weighted by atomic mass is 10.2. The molecule has 2 aromatic carbocycles. The summed E-state index contributed by atoms with van der Waals surface area (Å²) in [5.74, 6) is 0.146. The van der Waals surface area contributed by atoms with E-state index >= 15 is 0 Å². The third-order valence-corrected chi connectivity index (χ3v) is 2.74. The fourth-order valence-corrected chi connectivity index (χ4v) is 1.59. The minimum Gasteiger partial charge on any atom is -0.508 e. The molecule has 0 amide bonds. The van der Waals surface area contributed by atoms with Crippen LogP contribution in [0.5, 0.6) is 5.75 Å². The van der Waals surface area contributed by atoms with Crippen LogP contribution in [-0.2, 0) is 0 Å². The van der Waals surface area contributed by atoms with Crippen molar-refractivity contribution in [3.63, 3.8) is 0 Å². The Morgan fingerprint density at radius 3 is 2.45 bits per heavy atom. The molecule has 104 valence electrons. The summed E-state index contributed by atoms with van der Waals surface area (Å²) in [6.07, 6.45) is 1.45. The number of halogens is 1. The molecule has 0 aliphatic heterocycles. The molecule has 0 bridgehead atoms. The molecule has 2 rings (SSSR count). The van der Waals surface area contributed by atoms with Crippen LogP contribution in [0.15, 0.2) is 47.5 Å². The Labute approximate surface area is 120 Å². The van der Waals surface area contributed by atoms with Crippen LogP contribution in [0.1, 0.15) is 5.56 Å². The van der Waals surface area contributed by atoms with E-state index in [-0.39, 0.29) is 17.6 Å². The summed E-state index contributed by atoms with van der Waals surface area (Å²) < 4.78 is 0. The van der Waals surface area contributed by atoms with Gasteiger partial charge in [-0.25, -0.2) is 0 Å². The largest absolute Gasteiger partial charge is 0.508 e. The molecule has 2 aromatic rings. The van der Waals surface area contributed by atoms with Crippen molar-refractivity contribution < 1.29 is 10.0 Å². The lowest BCUT2D eigenvalue weighted by Gasteiger charge is -1.98. The van der Waals surface area contributed by atoms with Crippen molar-refractivity contribution >= 4 is 29.2 Å². The molecule has 6 nitrogen and oxygen atoms in total. The molecule has 0 aliphatic rings. The van der Waals surface area contributed by atoms with Gasteiger partial charge in [0.05, 0.1) is 10.6 Å². The molecule has 0 aromatic heterocycles. The van der Waals surface area contributed by atoms with E-state index in [1.54, 1.807) is 12.1 Å². The van der Waals surface area contributed by atoms with Crippen LogP contribution in [0, 0.1) is 10.1 Å². The molecular weight excluding hydrogens is 282 g/mol. The molecule has 0 fully saturated rings. The van der Waals surface area contributed by atoms with E-state index in [0.717, 1.165) is 0 Å². The normalized spacial score (nSPS) is 10.2. The van der Waals surface area contributed by atoms with E-state index in [1.165, 1.54) is 36.5 Å². The third-order valence-electron chi connectivity index (χ3n) is 2.39. The molecule has 0 aliphatic carbocycles. The maximum atomic E-state index is 10.7. The van der Waals surface area contributed by atoms with Crippen LogP contribution in [0.25, 0.3) is 0 Å². The van der Waals surface area contributed by atoms with Crippen molar-refractivity contribution in [1.29, 1.82) is 0 Å². The first-order valence-corrected chi connectivity index (χ1v) is 5.71. The first-order chi connectivity index (χ1) is 9.06. The molecule has 0 saturated carbocycles. The van der Waals surface area contributed by atoms with Crippen molar-refractivity contribution in [2.75, 3.05) is 0 Å². The monoisotopic (exact) mass is 293 g/mol.